The third-order valence-electron chi connectivity index (χ3n) is 5.16. The minimum Gasteiger partial charge on any atom is -0.397 e. The fraction of sp³-hybridized carbons (Fsp3) is 0.556. The summed E-state index contributed by atoms with van der Waals surface area (Å²) in [6, 6.07) is -0.740. The zero-order valence-corrected chi connectivity index (χ0v) is 15.8. The van der Waals surface area contributed by atoms with Crippen molar-refractivity contribution >= 4 is 12.0 Å². The second-order valence-corrected chi connectivity index (χ2v) is 6.95. The van der Waals surface area contributed by atoms with Gasteiger partial charge in [0.2, 0.25) is 0 Å². The van der Waals surface area contributed by atoms with Gasteiger partial charge in [-0.15, -0.1) is 0 Å². The van der Waals surface area contributed by atoms with Gasteiger partial charge in [-0.3, -0.25) is 9.99 Å². The van der Waals surface area contributed by atoms with E-state index in [1.165, 1.54) is 6.20 Å². The molecule has 8 nitrogen and oxygen atoms in total. The number of hydrogen-bond acceptors (Lipinski definition) is 8. The molecule has 0 bridgehead atoms. The van der Waals surface area contributed by atoms with Crippen LogP contribution in [0.25, 0.3) is 0 Å². The molecule has 29 heavy (non-hydrogen) atoms. The highest BCUT2D eigenvalue weighted by atomic mass is 19.4. The maximum absolute atomic E-state index is 13.8. The van der Waals surface area contributed by atoms with Crippen LogP contribution in [-0.4, -0.2) is 78.8 Å². The Hall–Kier alpha value is -2.37. The van der Waals surface area contributed by atoms with Crippen LogP contribution in [0.3, 0.4) is 0 Å². The second-order valence-electron chi connectivity index (χ2n) is 6.95. The van der Waals surface area contributed by atoms with Crippen molar-refractivity contribution < 1.29 is 22.6 Å². The van der Waals surface area contributed by atoms with Crippen molar-refractivity contribution in [3.05, 3.63) is 35.4 Å². The Kier molecular flexibility index (Phi) is 5.61. The number of rotatable bonds is 3. The zero-order chi connectivity index (χ0) is 20.4. The molecule has 4 heterocycles. The highest BCUT2D eigenvalue weighted by Gasteiger charge is 2.40. The summed E-state index contributed by atoms with van der Waals surface area (Å²) in [5.41, 5.74) is 4.45. The van der Waals surface area contributed by atoms with E-state index in [2.05, 4.69) is 9.98 Å². The molecule has 0 amide bonds. The standard InChI is InChI=1S/C18H23F3N6O2/c19-18(20,21)17-13(10-23-11-14(17)22)15-9-16(25-1-5-28-6-2-25)24-12-27(15)26-3-7-29-8-4-26/h9-12,15H,1-8,22H2. The summed E-state index contributed by atoms with van der Waals surface area (Å²) in [6.07, 6.45) is 1.01. The highest BCUT2D eigenvalue weighted by molar-refractivity contribution is 5.62. The molecule has 0 aliphatic carbocycles. The molecule has 0 saturated carbocycles. The third-order valence-corrected chi connectivity index (χ3v) is 5.16. The van der Waals surface area contributed by atoms with Crippen molar-refractivity contribution in [1.29, 1.82) is 0 Å². The van der Waals surface area contributed by atoms with Crippen LogP contribution in [-0.2, 0) is 15.7 Å². The maximum atomic E-state index is 13.8. The lowest BCUT2D eigenvalue weighted by atomic mass is 9.99. The lowest BCUT2D eigenvalue weighted by molar-refractivity contribution is -0.138. The number of aromatic nitrogens is 1. The van der Waals surface area contributed by atoms with Crippen molar-refractivity contribution in [1.82, 2.24) is 19.9 Å². The number of morpholine rings is 2. The molecule has 1 unspecified atom stereocenters. The van der Waals surface area contributed by atoms with E-state index in [9.17, 15) is 13.2 Å². The molecule has 2 saturated heterocycles. The summed E-state index contributed by atoms with van der Waals surface area (Å²) in [4.78, 5) is 10.5. The van der Waals surface area contributed by atoms with Crippen molar-refractivity contribution in [2.45, 2.75) is 12.2 Å². The number of nitrogens with two attached hydrogens (primary N) is 1. The number of ether oxygens (including phenoxy) is 2. The molecule has 0 spiro atoms. The molecule has 2 fully saturated rings. The van der Waals surface area contributed by atoms with Crippen LogP contribution in [0.5, 0.6) is 0 Å². The number of aliphatic imine (C=N–C) groups is 1. The molecule has 1 aromatic heterocycles. The molecular formula is C18H23F3N6O2. The van der Waals surface area contributed by atoms with E-state index < -0.39 is 17.8 Å². The van der Waals surface area contributed by atoms with E-state index in [1.54, 1.807) is 17.4 Å². The van der Waals surface area contributed by atoms with E-state index >= 15 is 0 Å². The fourth-order valence-electron chi connectivity index (χ4n) is 3.74. The Bertz CT molecular complexity index is 788. The van der Waals surface area contributed by atoms with E-state index in [4.69, 9.17) is 15.2 Å². The van der Waals surface area contributed by atoms with E-state index in [0.717, 1.165) is 6.20 Å². The summed E-state index contributed by atoms with van der Waals surface area (Å²) in [7, 11) is 0. The Balaban J connectivity index is 1.75. The SMILES string of the molecule is Nc1cncc(C2C=C(N3CCOCC3)N=CN2N2CCOCC2)c1C(F)(F)F. The Morgan fingerprint density at radius 3 is 2.31 bits per heavy atom. The topological polar surface area (TPSA) is 79.4 Å². The van der Waals surface area contributed by atoms with Crippen molar-refractivity contribution in [3.8, 4) is 0 Å². The average molecular weight is 412 g/mol. The van der Waals surface area contributed by atoms with Crippen molar-refractivity contribution in [3.63, 3.8) is 0 Å². The maximum Gasteiger partial charge on any atom is 0.418 e. The van der Waals surface area contributed by atoms with Gasteiger partial charge in [0.15, 0.2) is 0 Å². The van der Waals surface area contributed by atoms with Gasteiger partial charge in [0, 0.05) is 37.9 Å². The number of alkyl halides is 3. The molecule has 4 rings (SSSR count). The number of hydrogen-bond donors (Lipinski definition) is 1. The quantitative estimate of drug-likeness (QED) is 0.806. The van der Waals surface area contributed by atoms with Gasteiger partial charge in [-0.05, 0) is 6.08 Å². The van der Waals surface area contributed by atoms with Gasteiger partial charge >= 0.3 is 6.18 Å². The minimum absolute atomic E-state index is 0.000835. The average Bonchev–Trinajstić information content (AvgIpc) is 2.73. The molecule has 3 aliphatic rings. The molecule has 2 N–H and O–H groups in total. The van der Waals surface area contributed by atoms with Gasteiger partial charge in [-0.1, -0.05) is 0 Å². The van der Waals surface area contributed by atoms with Gasteiger partial charge < -0.3 is 20.1 Å². The highest BCUT2D eigenvalue weighted by Crippen LogP contribution is 2.41. The third kappa shape index (κ3) is 4.16. The second kappa shape index (κ2) is 8.17. The van der Waals surface area contributed by atoms with Gasteiger partial charge in [0.25, 0.3) is 0 Å². The Morgan fingerprint density at radius 2 is 1.66 bits per heavy atom. The summed E-state index contributed by atoms with van der Waals surface area (Å²) in [5.74, 6) is 0.623. The van der Waals surface area contributed by atoms with Gasteiger partial charge in [-0.2, -0.15) is 13.2 Å². The largest absolute Gasteiger partial charge is 0.418 e. The van der Waals surface area contributed by atoms with E-state index in [0.29, 0.717) is 58.4 Å². The molecule has 3 aliphatic heterocycles. The first-order valence-electron chi connectivity index (χ1n) is 9.45. The molecule has 1 aromatic rings. The number of anilines is 1. The fourth-order valence-corrected chi connectivity index (χ4v) is 3.74. The number of pyridine rings is 1. The van der Waals surface area contributed by atoms with E-state index in [-0.39, 0.29) is 11.3 Å². The first kappa shape index (κ1) is 19.9. The van der Waals surface area contributed by atoms with Crippen LogP contribution in [0, 0.1) is 0 Å². The summed E-state index contributed by atoms with van der Waals surface area (Å²) < 4.78 is 52.3. The molecule has 1 atom stereocenters. The first-order valence-corrected chi connectivity index (χ1v) is 9.45. The van der Waals surface area contributed by atoms with Crippen LogP contribution in [0.2, 0.25) is 0 Å². The number of halogens is 3. The van der Waals surface area contributed by atoms with Crippen molar-refractivity contribution in [2.24, 2.45) is 4.99 Å². The Labute approximate surface area is 166 Å². The zero-order valence-electron chi connectivity index (χ0n) is 15.8. The summed E-state index contributed by atoms with van der Waals surface area (Å²) >= 11 is 0. The minimum atomic E-state index is -4.60. The molecule has 11 heteroatoms. The molecule has 158 valence electrons. The lowest BCUT2D eigenvalue weighted by Gasteiger charge is -2.43. The smallest absolute Gasteiger partial charge is 0.397 e. The van der Waals surface area contributed by atoms with Gasteiger partial charge in [-0.25, -0.2) is 10.0 Å². The van der Waals surface area contributed by atoms with Gasteiger partial charge in [0.1, 0.15) is 12.2 Å². The summed E-state index contributed by atoms with van der Waals surface area (Å²) in [5, 5.41) is 3.66. The molecule has 0 radical (unpaired) electrons. The predicted octanol–water partition coefficient (Wildman–Crippen LogP) is 1.49. The lowest BCUT2D eigenvalue weighted by Crippen LogP contribution is -2.51. The Morgan fingerprint density at radius 1 is 1.00 bits per heavy atom. The number of nitrogens with zero attached hydrogens (tertiary/aromatic N) is 5. The van der Waals surface area contributed by atoms with Gasteiger partial charge in [0.05, 0.1) is 49.9 Å². The predicted molar refractivity (Wildman–Crippen MR) is 99.6 cm³/mol. The van der Waals surface area contributed by atoms with Crippen molar-refractivity contribution in [2.75, 3.05) is 58.3 Å². The van der Waals surface area contributed by atoms with Crippen LogP contribution >= 0.6 is 0 Å². The van der Waals surface area contributed by atoms with E-state index in [1.807, 2.05) is 9.91 Å². The van der Waals surface area contributed by atoms with Crippen LogP contribution in [0.4, 0.5) is 18.9 Å². The number of hydrazine groups is 1. The van der Waals surface area contributed by atoms with Crippen LogP contribution < -0.4 is 5.73 Å². The number of nitrogen functional groups attached to an aromatic ring is 1. The monoisotopic (exact) mass is 412 g/mol. The van der Waals surface area contributed by atoms with Crippen LogP contribution in [0.1, 0.15) is 17.2 Å². The summed E-state index contributed by atoms with van der Waals surface area (Å²) in [6.45, 7) is 4.48. The molecule has 0 aromatic carbocycles. The van der Waals surface area contributed by atoms with Crippen LogP contribution in [0.15, 0.2) is 29.3 Å². The normalized spacial score (nSPS) is 24.0. The first-order chi connectivity index (χ1) is 13.9. The molecular weight excluding hydrogens is 389 g/mol.